The quantitative estimate of drug-likeness (QED) is 0.567. The maximum absolute atomic E-state index is 12.8. The smallest absolute Gasteiger partial charge is 0.293 e. The number of carbonyl (C=O) groups is 1. The summed E-state index contributed by atoms with van der Waals surface area (Å²) in [5, 5.41) is 3.63. The lowest BCUT2D eigenvalue weighted by Gasteiger charge is -2.21. The van der Waals surface area contributed by atoms with Crippen molar-refractivity contribution in [2.75, 3.05) is 0 Å². The van der Waals surface area contributed by atoms with Crippen LogP contribution >= 0.6 is 0 Å². The summed E-state index contributed by atoms with van der Waals surface area (Å²) in [6.07, 6.45) is 4.77. The Kier molecular flexibility index (Phi) is 4.78. The van der Waals surface area contributed by atoms with Crippen LogP contribution in [0.4, 0.5) is 0 Å². The van der Waals surface area contributed by atoms with E-state index in [0.29, 0.717) is 13.1 Å². The molecule has 1 N–H and O–H groups in total. The van der Waals surface area contributed by atoms with Gasteiger partial charge in [-0.1, -0.05) is 59.8 Å². The highest BCUT2D eigenvalue weighted by atomic mass is 16.5. The summed E-state index contributed by atoms with van der Waals surface area (Å²) in [5.41, 5.74) is 4.18. The molecule has 0 saturated carbocycles. The zero-order chi connectivity index (χ0) is 18.5. The van der Waals surface area contributed by atoms with Gasteiger partial charge in [0.1, 0.15) is 0 Å². The van der Waals surface area contributed by atoms with Gasteiger partial charge in [-0.05, 0) is 16.7 Å². The van der Waals surface area contributed by atoms with E-state index in [-0.39, 0.29) is 11.7 Å². The van der Waals surface area contributed by atoms with E-state index in [1.54, 1.807) is 23.5 Å². The molecule has 0 unspecified atom stereocenters. The zero-order valence-electron chi connectivity index (χ0n) is 14.6. The van der Waals surface area contributed by atoms with Crippen molar-refractivity contribution in [1.29, 1.82) is 0 Å². The van der Waals surface area contributed by atoms with Gasteiger partial charge in [-0.25, -0.2) is 4.98 Å². The monoisotopic (exact) mass is 358 g/mol. The van der Waals surface area contributed by atoms with Crippen LogP contribution in [0.5, 0.6) is 0 Å². The third kappa shape index (κ3) is 3.95. The molecule has 0 atom stereocenters. The minimum absolute atomic E-state index is 0.214. The van der Waals surface area contributed by atoms with Crippen molar-refractivity contribution in [1.82, 2.24) is 20.0 Å². The number of aromatic amines is 1. The fraction of sp³-hybridized carbons (Fsp3) is 0.0952. The maximum Gasteiger partial charge on any atom is 0.293 e. The second-order valence-electron chi connectivity index (χ2n) is 6.18. The van der Waals surface area contributed by atoms with Crippen LogP contribution in [-0.4, -0.2) is 25.9 Å². The van der Waals surface area contributed by atoms with Gasteiger partial charge in [-0.3, -0.25) is 4.79 Å². The van der Waals surface area contributed by atoms with Crippen molar-refractivity contribution in [3.63, 3.8) is 0 Å². The Balaban J connectivity index is 1.54. The molecule has 2 aromatic carbocycles. The summed E-state index contributed by atoms with van der Waals surface area (Å²) in [6.45, 7) is 0.855. The lowest BCUT2D eigenvalue weighted by Crippen LogP contribution is -2.30. The molecule has 0 aliphatic carbocycles. The zero-order valence-corrected chi connectivity index (χ0v) is 14.6. The summed E-state index contributed by atoms with van der Waals surface area (Å²) >= 11 is 0. The van der Waals surface area contributed by atoms with Gasteiger partial charge in [-0.15, -0.1) is 0 Å². The minimum atomic E-state index is -0.214. The fourth-order valence-corrected chi connectivity index (χ4v) is 2.91. The number of hydrogen-bond acceptors (Lipinski definition) is 4. The van der Waals surface area contributed by atoms with Crippen molar-refractivity contribution < 1.29 is 9.32 Å². The molecule has 6 nitrogen and oxygen atoms in total. The molecule has 0 fully saturated rings. The van der Waals surface area contributed by atoms with E-state index in [9.17, 15) is 4.79 Å². The van der Waals surface area contributed by atoms with Gasteiger partial charge in [0.05, 0.1) is 24.8 Å². The summed E-state index contributed by atoms with van der Waals surface area (Å²) in [7, 11) is 0. The predicted octanol–water partition coefficient (Wildman–Crippen LogP) is 3.91. The molecular weight excluding hydrogens is 340 g/mol. The number of H-pyrrole nitrogens is 1. The van der Waals surface area contributed by atoms with Crippen LogP contribution < -0.4 is 0 Å². The second kappa shape index (κ2) is 7.70. The van der Waals surface area contributed by atoms with E-state index in [1.165, 1.54) is 6.20 Å². The molecule has 134 valence electrons. The second-order valence-corrected chi connectivity index (χ2v) is 6.18. The number of rotatable bonds is 6. The summed E-state index contributed by atoms with van der Waals surface area (Å²) in [4.78, 5) is 21.5. The van der Waals surface area contributed by atoms with Crippen molar-refractivity contribution in [2.45, 2.75) is 13.1 Å². The number of nitrogens with zero attached hydrogens (tertiary/aromatic N) is 3. The molecule has 6 heteroatoms. The summed E-state index contributed by atoms with van der Waals surface area (Å²) in [5.74, 6) is 0.00431. The first-order valence-corrected chi connectivity index (χ1v) is 8.61. The van der Waals surface area contributed by atoms with Crippen molar-refractivity contribution >= 4 is 5.91 Å². The molecule has 2 heterocycles. The van der Waals surface area contributed by atoms with Gasteiger partial charge in [-0.2, -0.15) is 0 Å². The van der Waals surface area contributed by atoms with E-state index in [4.69, 9.17) is 4.52 Å². The average molecular weight is 358 g/mol. The van der Waals surface area contributed by atoms with Crippen LogP contribution in [0, 0.1) is 0 Å². The Morgan fingerprint density at radius 1 is 0.963 bits per heavy atom. The molecule has 27 heavy (non-hydrogen) atoms. The van der Waals surface area contributed by atoms with Crippen LogP contribution in [0.15, 0.2) is 83.9 Å². The third-order valence-corrected chi connectivity index (χ3v) is 4.29. The highest BCUT2D eigenvalue weighted by Gasteiger charge is 2.20. The lowest BCUT2D eigenvalue weighted by atomic mass is 10.0. The molecule has 4 rings (SSSR count). The average Bonchev–Trinajstić information content (AvgIpc) is 3.42. The number of hydrogen-bond donors (Lipinski definition) is 1. The highest BCUT2D eigenvalue weighted by Crippen LogP contribution is 2.20. The third-order valence-electron chi connectivity index (χ3n) is 4.29. The number of imidazole rings is 1. The molecule has 0 saturated heterocycles. The Hall–Kier alpha value is -3.67. The molecule has 2 aromatic heterocycles. The fourth-order valence-electron chi connectivity index (χ4n) is 2.91. The first-order valence-electron chi connectivity index (χ1n) is 8.61. The normalized spacial score (nSPS) is 10.7. The molecular formula is C21H18N4O2. The predicted molar refractivity (Wildman–Crippen MR) is 101 cm³/mol. The van der Waals surface area contributed by atoms with Gasteiger partial charge in [0.15, 0.2) is 0 Å². The number of carbonyl (C=O) groups excluding carboxylic acids is 1. The van der Waals surface area contributed by atoms with Crippen molar-refractivity contribution in [3.8, 4) is 11.1 Å². The topological polar surface area (TPSA) is 75.0 Å². The molecule has 0 radical (unpaired) electrons. The van der Waals surface area contributed by atoms with E-state index in [1.807, 2.05) is 30.3 Å². The van der Waals surface area contributed by atoms with Gasteiger partial charge in [0.2, 0.25) is 5.76 Å². The van der Waals surface area contributed by atoms with Crippen molar-refractivity contribution in [3.05, 3.63) is 96.4 Å². The number of amides is 1. The van der Waals surface area contributed by atoms with Gasteiger partial charge < -0.3 is 14.4 Å². The van der Waals surface area contributed by atoms with Gasteiger partial charge in [0, 0.05) is 18.8 Å². The Morgan fingerprint density at radius 3 is 2.41 bits per heavy atom. The number of nitrogens with one attached hydrogen (secondary N) is 1. The first kappa shape index (κ1) is 16.8. The molecule has 0 bridgehead atoms. The van der Waals surface area contributed by atoms with E-state index in [0.717, 1.165) is 22.4 Å². The standard InChI is InChI=1S/C21H18N4O2/c26-21(20-10-11-24-27-20)25(14-19-12-22-15-23-19)13-16-6-8-18(9-7-16)17-4-2-1-3-5-17/h1-12,15H,13-14H2,(H,22,23). The Labute approximate surface area is 156 Å². The molecule has 0 aliphatic rings. The maximum atomic E-state index is 12.8. The van der Waals surface area contributed by atoms with E-state index < -0.39 is 0 Å². The molecule has 4 aromatic rings. The molecule has 0 spiro atoms. The Bertz CT molecular complexity index is 979. The highest BCUT2D eigenvalue weighted by molar-refractivity contribution is 5.91. The van der Waals surface area contributed by atoms with Crippen molar-refractivity contribution in [2.24, 2.45) is 0 Å². The van der Waals surface area contributed by atoms with Crippen LogP contribution in [0.2, 0.25) is 0 Å². The largest absolute Gasteiger partial charge is 0.351 e. The van der Waals surface area contributed by atoms with Crippen LogP contribution in [-0.2, 0) is 13.1 Å². The van der Waals surface area contributed by atoms with Crippen LogP contribution in [0.1, 0.15) is 21.8 Å². The first-order chi connectivity index (χ1) is 13.3. The van der Waals surface area contributed by atoms with Gasteiger partial charge >= 0.3 is 0 Å². The minimum Gasteiger partial charge on any atom is -0.351 e. The Morgan fingerprint density at radius 2 is 1.74 bits per heavy atom. The van der Waals surface area contributed by atoms with E-state index >= 15 is 0 Å². The lowest BCUT2D eigenvalue weighted by molar-refractivity contribution is 0.0685. The van der Waals surface area contributed by atoms with Gasteiger partial charge in [0.25, 0.3) is 5.91 Å². The van der Waals surface area contributed by atoms with Crippen LogP contribution in [0.25, 0.3) is 11.1 Å². The van der Waals surface area contributed by atoms with E-state index in [2.05, 4.69) is 39.4 Å². The van der Waals surface area contributed by atoms with Crippen LogP contribution in [0.3, 0.4) is 0 Å². The SMILES string of the molecule is O=C(c1ccno1)N(Cc1ccc(-c2ccccc2)cc1)Cc1cnc[nH]1. The number of benzene rings is 2. The molecule has 1 amide bonds. The molecule has 0 aliphatic heterocycles. The number of aromatic nitrogens is 3. The summed E-state index contributed by atoms with van der Waals surface area (Å²) in [6, 6.07) is 20.0. The summed E-state index contributed by atoms with van der Waals surface area (Å²) < 4.78 is 5.04.